The van der Waals surface area contributed by atoms with E-state index >= 15 is 0 Å². The van der Waals surface area contributed by atoms with Gasteiger partial charge in [0.25, 0.3) is 0 Å². The van der Waals surface area contributed by atoms with Crippen molar-refractivity contribution in [3.05, 3.63) is 76.9 Å². The van der Waals surface area contributed by atoms with Crippen LogP contribution in [0.25, 0.3) is 32.7 Å². The Balaban J connectivity index is 1.34. The largest absolute Gasteiger partial charge is 0.105 e. The summed E-state index contributed by atoms with van der Waals surface area (Å²) >= 11 is 0. The number of rotatable bonds is 1. The van der Waals surface area contributed by atoms with Crippen LogP contribution in [-0.4, -0.2) is 0 Å². The van der Waals surface area contributed by atoms with Gasteiger partial charge in [-0.1, -0.05) is 67.4 Å². The van der Waals surface area contributed by atoms with Crippen molar-refractivity contribution in [2.24, 2.45) is 11.8 Å². The maximum Gasteiger partial charge on any atom is -0.00273 e. The standard InChI is InChI=1S/C34H35P/c35-33-19-18-30-28-13-11-21-5-2-7-23(21)26(28)16-17-32(30)34(33)31-9-3-8-24-27-12-10-20-4-1-6-22(20)25(27)14-15-29(24)31/h3,8-9,14-23H,1-2,4-7,10-13,35H2/t20-,21-,22-,23-/m1/s1. The molecule has 2 fully saturated rings. The second-order valence-electron chi connectivity index (χ2n) is 12.0. The second-order valence-corrected chi connectivity index (χ2v) is 12.6. The quantitative estimate of drug-likeness (QED) is 0.242. The molecule has 4 aliphatic rings. The van der Waals surface area contributed by atoms with E-state index in [1.165, 1.54) is 102 Å². The molecule has 0 aliphatic heterocycles. The zero-order chi connectivity index (χ0) is 23.1. The molecule has 8 rings (SSSR count). The molecule has 0 heterocycles. The van der Waals surface area contributed by atoms with Gasteiger partial charge in [-0.15, -0.1) is 9.24 Å². The lowest BCUT2D eigenvalue weighted by Crippen LogP contribution is -2.16. The van der Waals surface area contributed by atoms with Crippen LogP contribution in [0.4, 0.5) is 0 Å². The summed E-state index contributed by atoms with van der Waals surface area (Å²) in [5.74, 6) is 3.49. The molecule has 0 radical (unpaired) electrons. The second kappa shape index (κ2) is 7.91. The third-order valence-corrected chi connectivity index (χ3v) is 11.0. The van der Waals surface area contributed by atoms with Gasteiger partial charge in [0, 0.05) is 0 Å². The van der Waals surface area contributed by atoms with Crippen molar-refractivity contribution >= 4 is 36.1 Å². The molecule has 0 spiro atoms. The smallest absolute Gasteiger partial charge is 0.00273 e. The van der Waals surface area contributed by atoms with Crippen LogP contribution in [0.2, 0.25) is 0 Å². The van der Waals surface area contributed by atoms with Crippen molar-refractivity contribution in [1.29, 1.82) is 0 Å². The molecule has 35 heavy (non-hydrogen) atoms. The predicted molar refractivity (Wildman–Crippen MR) is 153 cm³/mol. The Kier molecular flexibility index (Phi) is 4.74. The van der Waals surface area contributed by atoms with E-state index in [1.807, 2.05) is 0 Å². The minimum Gasteiger partial charge on any atom is -0.105 e. The maximum absolute atomic E-state index is 3.06. The van der Waals surface area contributed by atoms with Crippen molar-refractivity contribution in [1.82, 2.24) is 0 Å². The van der Waals surface area contributed by atoms with Gasteiger partial charge in [0.15, 0.2) is 0 Å². The average Bonchev–Trinajstić information content (AvgIpc) is 3.57. The first kappa shape index (κ1) is 21.0. The SMILES string of the molecule is Pc1ccc2c3c(ccc2c1-c1cccc2c4c(ccc12)[C@@H]1CCC[C@@H]1CC4)[C@@H]1CCC[C@@H]1CC3. The molecule has 4 aliphatic carbocycles. The molecule has 0 aromatic heterocycles. The van der Waals surface area contributed by atoms with Crippen LogP contribution in [0.15, 0.2) is 54.6 Å². The van der Waals surface area contributed by atoms with Crippen LogP contribution in [0.5, 0.6) is 0 Å². The lowest BCUT2D eigenvalue weighted by atomic mass is 9.74. The fourth-order valence-corrected chi connectivity index (χ4v) is 9.36. The Morgan fingerprint density at radius 1 is 0.543 bits per heavy atom. The average molecular weight is 475 g/mol. The highest BCUT2D eigenvalue weighted by Crippen LogP contribution is 2.51. The highest BCUT2D eigenvalue weighted by Gasteiger charge is 2.35. The Morgan fingerprint density at radius 3 is 1.83 bits per heavy atom. The third kappa shape index (κ3) is 3.02. The van der Waals surface area contributed by atoms with E-state index in [0.29, 0.717) is 0 Å². The molecule has 0 nitrogen and oxygen atoms in total. The van der Waals surface area contributed by atoms with E-state index in [1.54, 1.807) is 22.3 Å². The van der Waals surface area contributed by atoms with Crippen LogP contribution in [0.1, 0.15) is 85.5 Å². The number of aryl methyl sites for hydroxylation is 2. The van der Waals surface area contributed by atoms with Crippen LogP contribution >= 0.6 is 9.24 Å². The summed E-state index contributed by atoms with van der Waals surface area (Å²) in [7, 11) is 3.06. The van der Waals surface area contributed by atoms with Gasteiger partial charge in [0.2, 0.25) is 0 Å². The van der Waals surface area contributed by atoms with E-state index in [4.69, 9.17) is 0 Å². The molecule has 0 N–H and O–H groups in total. The summed E-state index contributed by atoms with van der Waals surface area (Å²) in [6, 6.07) is 21.9. The normalized spacial score (nSPS) is 27.0. The fraction of sp³-hybridized carbons (Fsp3) is 0.412. The molecule has 0 bridgehead atoms. The highest BCUT2D eigenvalue weighted by molar-refractivity contribution is 7.28. The van der Waals surface area contributed by atoms with Crippen molar-refractivity contribution < 1.29 is 0 Å². The third-order valence-electron chi connectivity index (χ3n) is 10.5. The first-order chi connectivity index (χ1) is 17.3. The summed E-state index contributed by atoms with van der Waals surface area (Å²) in [4.78, 5) is 0. The lowest BCUT2D eigenvalue weighted by molar-refractivity contribution is 0.425. The zero-order valence-electron chi connectivity index (χ0n) is 20.7. The van der Waals surface area contributed by atoms with E-state index < -0.39 is 0 Å². The Morgan fingerprint density at radius 2 is 1.14 bits per heavy atom. The van der Waals surface area contributed by atoms with Crippen molar-refractivity contribution in [2.45, 2.75) is 76.0 Å². The number of hydrogen-bond donors (Lipinski definition) is 0. The highest BCUT2D eigenvalue weighted by atomic mass is 31.0. The molecule has 2 saturated carbocycles. The Hall–Kier alpha value is -2.17. The summed E-state index contributed by atoms with van der Waals surface area (Å²) < 4.78 is 0. The molecule has 1 unspecified atom stereocenters. The van der Waals surface area contributed by atoms with Crippen LogP contribution in [-0.2, 0) is 12.8 Å². The van der Waals surface area contributed by atoms with Gasteiger partial charge in [0.05, 0.1) is 0 Å². The summed E-state index contributed by atoms with van der Waals surface area (Å²) in [5.41, 5.74) is 9.51. The lowest BCUT2D eigenvalue weighted by Gasteiger charge is -2.30. The first-order valence-electron chi connectivity index (χ1n) is 14.2. The molecule has 4 aromatic carbocycles. The fourth-order valence-electron chi connectivity index (χ4n) is 8.95. The van der Waals surface area contributed by atoms with Crippen LogP contribution in [0.3, 0.4) is 0 Å². The number of benzene rings is 4. The predicted octanol–water partition coefficient (Wildman–Crippen LogP) is 8.82. The molecule has 4 aromatic rings. The Bertz CT molecular complexity index is 1490. The van der Waals surface area contributed by atoms with Gasteiger partial charge in [0.1, 0.15) is 0 Å². The minimum atomic E-state index is 0.811. The molecule has 1 heteroatoms. The van der Waals surface area contributed by atoms with Crippen LogP contribution in [0, 0.1) is 11.8 Å². The van der Waals surface area contributed by atoms with E-state index in [2.05, 4.69) is 63.8 Å². The van der Waals surface area contributed by atoms with Crippen molar-refractivity contribution in [3.8, 4) is 11.1 Å². The minimum absolute atomic E-state index is 0.811. The van der Waals surface area contributed by atoms with E-state index in [9.17, 15) is 0 Å². The first-order valence-corrected chi connectivity index (χ1v) is 14.7. The van der Waals surface area contributed by atoms with E-state index in [-0.39, 0.29) is 0 Å². The molecular formula is C34H35P. The molecule has 176 valence electrons. The summed E-state index contributed by atoms with van der Waals surface area (Å²) in [6.07, 6.45) is 13.8. The zero-order valence-corrected chi connectivity index (χ0v) is 21.8. The summed E-state index contributed by atoms with van der Waals surface area (Å²) in [6.45, 7) is 0. The molecular weight excluding hydrogens is 439 g/mol. The van der Waals surface area contributed by atoms with Gasteiger partial charge in [-0.3, -0.25) is 0 Å². The van der Waals surface area contributed by atoms with E-state index in [0.717, 1.165) is 23.7 Å². The van der Waals surface area contributed by atoms with Crippen LogP contribution < -0.4 is 5.30 Å². The van der Waals surface area contributed by atoms with Crippen molar-refractivity contribution in [2.75, 3.05) is 0 Å². The Labute approximate surface area is 211 Å². The van der Waals surface area contributed by atoms with Gasteiger partial charge >= 0.3 is 0 Å². The number of fused-ring (bicyclic) bond motifs is 10. The monoisotopic (exact) mass is 474 g/mol. The maximum atomic E-state index is 3.06. The molecule has 0 amide bonds. The molecule has 0 saturated heterocycles. The summed E-state index contributed by atoms with van der Waals surface area (Å²) in [5, 5.41) is 7.26. The number of hydrogen-bond acceptors (Lipinski definition) is 0. The van der Waals surface area contributed by atoms with Gasteiger partial charge in [-0.2, -0.15) is 0 Å². The topological polar surface area (TPSA) is 0 Å². The van der Waals surface area contributed by atoms with Crippen molar-refractivity contribution in [3.63, 3.8) is 0 Å². The molecule has 5 atom stereocenters. The van der Waals surface area contributed by atoms with Gasteiger partial charge < -0.3 is 0 Å². The van der Waals surface area contributed by atoms with Gasteiger partial charge in [-0.05, 0) is 135 Å². The van der Waals surface area contributed by atoms with Gasteiger partial charge in [-0.25, -0.2) is 0 Å².